The van der Waals surface area contributed by atoms with Crippen LogP contribution in [0.15, 0.2) is 29.2 Å². The summed E-state index contributed by atoms with van der Waals surface area (Å²) in [6.07, 6.45) is 2.69. The molecule has 2 rings (SSSR count). The smallest absolute Gasteiger partial charge is 0.227 e. The van der Waals surface area contributed by atoms with Gasteiger partial charge in [0.05, 0.1) is 0 Å². The number of nitrogens with zero attached hydrogens (tertiary/aromatic N) is 1. The Balaban J connectivity index is 2.28. The SMILES string of the molecule is CCC1CCC(=O)N1c1ccc(S)cc1. The molecule has 1 aromatic rings. The average molecular weight is 221 g/mol. The summed E-state index contributed by atoms with van der Waals surface area (Å²) in [4.78, 5) is 14.6. The van der Waals surface area contributed by atoms with Crippen LogP contribution < -0.4 is 4.90 Å². The van der Waals surface area contributed by atoms with E-state index in [2.05, 4.69) is 19.6 Å². The molecule has 0 N–H and O–H groups in total. The molecule has 1 heterocycles. The molecule has 0 aromatic heterocycles. The van der Waals surface area contributed by atoms with E-state index < -0.39 is 0 Å². The zero-order valence-electron chi connectivity index (χ0n) is 8.81. The molecule has 80 valence electrons. The number of amides is 1. The van der Waals surface area contributed by atoms with Crippen LogP contribution in [0.2, 0.25) is 0 Å². The summed E-state index contributed by atoms with van der Waals surface area (Å²) in [5.74, 6) is 0.244. The molecular formula is C12H15NOS. The number of hydrogen-bond acceptors (Lipinski definition) is 2. The highest BCUT2D eigenvalue weighted by Gasteiger charge is 2.30. The van der Waals surface area contributed by atoms with Crippen molar-refractivity contribution in [2.24, 2.45) is 0 Å². The minimum absolute atomic E-state index is 0.244. The molecule has 1 unspecified atom stereocenters. The van der Waals surface area contributed by atoms with Crippen molar-refractivity contribution >= 4 is 24.2 Å². The maximum absolute atomic E-state index is 11.7. The van der Waals surface area contributed by atoms with Crippen molar-refractivity contribution in [1.29, 1.82) is 0 Å². The Kier molecular flexibility index (Phi) is 3.00. The standard InChI is InChI=1S/C12H15NOS/c1-2-9-5-8-12(14)13(9)10-3-6-11(15)7-4-10/h3-4,6-7,9,15H,2,5,8H2,1H3. The second-order valence-electron chi connectivity index (χ2n) is 3.88. The molecule has 1 aromatic carbocycles. The second kappa shape index (κ2) is 4.27. The van der Waals surface area contributed by atoms with Gasteiger partial charge in [0, 0.05) is 23.0 Å². The first-order valence-corrected chi connectivity index (χ1v) is 5.78. The normalized spacial score (nSPS) is 21.1. The van der Waals surface area contributed by atoms with Crippen LogP contribution in [0.4, 0.5) is 5.69 Å². The summed E-state index contributed by atoms with van der Waals surface area (Å²) in [5.41, 5.74) is 1.00. The van der Waals surface area contributed by atoms with Gasteiger partial charge in [-0.05, 0) is 37.1 Å². The third-order valence-electron chi connectivity index (χ3n) is 2.92. The van der Waals surface area contributed by atoms with E-state index in [0.717, 1.165) is 23.4 Å². The summed E-state index contributed by atoms with van der Waals surface area (Å²) < 4.78 is 0. The predicted molar refractivity (Wildman–Crippen MR) is 64.5 cm³/mol. The van der Waals surface area contributed by atoms with E-state index in [1.807, 2.05) is 29.2 Å². The lowest BCUT2D eigenvalue weighted by Crippen LogP contribution is -2.32. The minimum Gasteiger partial charge on any atom is -0.309 e. The van der Waals surface area contributed by atoms with Crippen LogP contribution in [-0.4, -0.2) is 11.9 Å². The highest BCUT2D eigenvalue weighted by molar-refractivity contribution is 7.80. The quantitative estimate of drug-likeness (QED) is 0.761. The molecule has 2 nitrogen and oxygen atoms in total. The van der Waals surface area contributed by atoms with E-state index in [1.165, 1.54) is 0 Å². The van der Waals surface area contributed by atoms with Crippen LogP contribution in [0.25, 0.3) is 0 Å². The van der Waals surface area contributed by atoms with Gasteiger partial charge < -0.3 is 4.90 Å². The Morgan fingerprint density at radius 3 is 2.67 bits per heavy atom. The van der Waals surface area contributed by atoms with Gasteiger partial charge in [-0.2, -0.15) is 0 Å². The van der Waals surface area contributed by atoms with Gasteiger partial charge in [0.2, 0.25) is 5.91 Å². The Morgan fingerprint density at radius 1 is 1.40 bits per heavy atom. The zero-order chi connectivity index (χ0) is 10.8. The summed E-state index contributed by atoms with van der Waals surface area (Å²) in [6.45, 7) is 2.13. The molecule has 0 saturated carbocycles. The van der Waals surface area contributed by atoms with Crippen LogP contribution in [0.3, 0.4) is 0 Å². The molecular weight excluding hydrogens is 206 g/mol. The number of carbonyl (C=O) groups is 1. The maximum Gasteiger partial charge on any atom is 0.227 e. The molecule has 0 bridgehead atoms. The number of rotatable bonds is 2. The van der Waals surface area contributed by atoms with Gasteiger partial charge in [-0.25, -0.2) is 0 Å². The monoisotopic (exact) mass is 221 g/mol. The Hall–Kier alpha value is -0.960. The Morgan fingerprint density at radius 2 is 2.07 bits per heavy atom. The number of carbonyl (C=O) groups excluding carboxylic acids is 1. The molecule has 1 amide bonds. The maximum atomic E-state index is 11.7. The van der Waals surface area contributed by atoms with Gasteiger partial charge in [0.15, 0.2) is 0 Å². The van der Waals surface area contributed by atoms with E-state index in [0.29, 0.717) is 12.5 Å². The molecule has 0 radical (unpaired) electrons. The van der Waals surface area contributed by atoms with Crippen LogP contribution in [0, 0.1) is 0 Å². The van der Waals surface area contributed by atoms with Crippen LogP contribution >= 0.6 is 12.6 Å². The lowest BCUT2D eigenvalue weighted by atomic mass is 10.1. The largest absolute Gasteiger partial charge is 0.309 e. The summed E-state index contributed by atoms with van der Waals surface area (Å²) in [7, 11) is 0. The van der Waals surface area contributed by atoms with Crippen molar-refractivity contribution in [3.05, 3.63) is 24.3 Å². The van der Waals surface area contributed by atoms with E-state index in [4.69, 9.17) is 0 Å². The average Bonchev–Trinajstić information content (AvgIpc) is 2.61. The molecule has 1 saturated heterocycles. The van der Waals surface area contributed by atoms with E-state index in [9.17, 15) is 4.79 Å². The first-order valence-electron chi connectivity index (χ1n) is 5.33. The van der Waals surface area contributed by atoms with Crippen molar-refractivity contribution in [1.82, 2.24) is 0 Å². The van der Waals surface area contributed by atoms with Gasteiger partial charge in [-0.15, -0.1) is 12.6 Å². The van der Waals surface area contributed by atoms with Crippen molar-refractivity contribution < 1.29 is 4.79 Å². The third kappa shape index (κ3) is 2.02. The Bertz CT molecular complexity index is 360. The van der Waals surface area contributed by atoms with Gasteiger partial charge in [-0.1, -0.05) is 6.92 Å². The topological polar surface area (TPSA) is 20.3 Å². The van der Waals surface area contributed by atoms with E-state index in [1.54, 1.807) is 0 Å². The molecule has 0 aliphatic carbocycles. The van der Waals surface area contributed by atoms with Gasteiger partial charge >= 0.3 is 0 Å². The van der Waals surface area contributed by atoms with Gasteiger partial charge in [-0.3, -0.25) is 4.79 Å². The molecule has 15 heavy (non-hydrogen) atoms. The van der Waals surface area contributed by atoms with Crippen LogP contribution in [0.1, 0.15) is 26.2 Å². The molecule has 1 aliphatic rings. The number of anilines is 1. The van der Waals surface area contributed by atoms with Gasteiger partial charge in [0.25, 0.3) is 0 Å². The Labute approximate surface area is 95.7 Å². The number of hydrogen-bond donors (Lipinski definition) is 1. The third-order valence-corrected chi connectivity index (χ3v) is 3.22. The van der Waals surface area contributed by atoms with Crippen LogP contribution in [0.5, 0.6) is 0 Å². The second-order valence-corrected chi connectivity index (χ2v) is 4.40. The molecule has 1 fully saturated rings. The van der Waals surface area contributed by atoms with Crippen molar-refractivity contribution in [3.63, 3.8) is 0 Å². The first kappa shape index (κ1) is 10.6. The highest BCUT2D eigenvalue weighted by atomic mass is 32.1. The fraction of sp³-hybridized carbons (Fsp3) is 0.417. The summed E-state index contributed by atoms with van der Waals surface area (Å²) in [6, 6.07) is 8.17. The van der Waals surface area contributed by atoms with Crippen molar-refractivity contribution in [3.8, 4) is 0 Å². The molecule has 0 spiro atoms. The van der Waals surface area contributed by atoms with Gasteiger partial charge in [0.1, 0.15) is 0 Å². The fourth-order valence-corrected chi connectivity index (χ4v) is 2.25. The predicted octanol–water partition coefficient (Wildman–Crippen LogP) is 2.88. The zero-order valence-corrected chi connectivity index (χ0v) is 9.71. The number of thiol groups is 1. The van der Waals surface area contributed by atoms with Crippen molar-refractivity contribution in [2.45, 2.75) is 37.1 Å². The lowest BCUT2D eigenvalue weighted by molar-refractivity contribution is -0.117. The summed E-state index contributed by atoms with van der Waals surface area (Å²) in [5, 5.41) is 0. The minimum atomic E-state index is 0.244. The van der Waals surface area contributed by atoms with Crippen molar-refractivity contribution in [2.75, 3.05) is 4.90 Å². The molecule has 1 aliphatic heterocycles. The van der Waals surface area contributed by atoms with Crippen LogP contribution in [-0.2, 0) is 4.79 Å². The molecule has 3 heteroatoms. The molecule has 1 atom stereocenters. The first-order chi connectivity index (χ1) is 7.22. The van der Waals surface area contributed by atoms with E-state index >= 15 is 0 Å². The summed E-state index contributed by atoms with van der Waals surface area (Å²) >= 11 is 4.24. The lowest BCUT2D eigenvalue weighted by Gasteiger charge is -2.23. The fourth-order valence-electron chi connectivity index (χ4n) is 2.10. The number of benzene rings is 1. The highest BCUT2D eigenvalue weighted by Crippen LogP contribution is 2.28. The van der Waals surface area contributed by atoms with E-state index in [-0.39, 0.29) is 5.91 Å².